The highest BCUT2D eigenvalue weighted by atomic mass is 16.1. The van der Waals surface area contributed by atoms with Crippen molar-refractivity contribution in [2.24, 2.45) is 9.98 Å². The summed E-state index contributed by atoms with van der Waals surface area (Å²) >= 11 is 0. The lowest BCUT2D eigenvalue weighted by Crippen LogP contribution is -2.11. The van der Waals surface area contributed by atoms with Crippen molar-refractivity contribution in [3.05, 3.63) is 0 Å². The third kappa shape index (κ3) is 2.17. The van der Waals surface area contributed by atoms with Gasteiger partial charge in [-0.1, -0.05) is 0 Å². The van der Waals surface area contributed by atoms with E-state index in [4.69, 9.17) is 0 Å². The standard InChI is InChI=1S/C6H10N2O/c1-5(7-2)6(4-9)8-3/h4H,1-3H3. The zero-order chi connectivity index (χ0) is 7.28. The highest BCUT2D eigenvalue weighted by Gasteiger charge is 1.96. The number of hydrogen-bond acceptors (Lipinski definition) is 3. The number of aliphatic imine (C=N–C) groups is 2. The smallest absolute Gasteiger partial charge is 0.169 e. The fraction of sp³-hybridized carbons (Fsp3) is 0.500. The van der Waals surface area contributed by atoms with E-state index in [1.165, 1.54) is 0 Å². The molecule has 0 spiro atoms. The Morgan fingerprint density at radius 2 is 1.89 bits per heavy atom. The van der Waals surface area contributed by atoms with Crippen molar-refractivity contribution >= 4 is 17.7 Å². The first-order chi connectivity index (χ1) is 4.26. The minimum atomic E-state index is 0.414. The summed E-state index contributed by atoms with van der Waals surface area (Å²) in [6.07, 6.45) is 0.697. The van der Waals surface area contributed by atoms with Gasteiger partial charge < -0.3 is 0 Å². The van der Waals surface area contributed by atoms with Gasteiger partial charge in [0.15, 0.2) is 6.29 Å². The van der Waals surface area contributed by atoms with Gasteiger partial charge in [-0.05, 0) is 6.92 Å². The highest BCUT2D eigenvalue weighted by molar-refractivity contribution is 6.61. The molecule has 0 aliphatic carbocycles. The summed E-state index contributed by atoms with van der Waals surface area (Å²) in [6, 6.07) is 0. The Kier molecular flexibility index (Phi) is 3.51. The molecule has 0 bridgehead atoms. The summed E-state index contributed by atoms with van der Waals surface area (Å²) in [5.74, 6) is 0. The molecule has 0 saturated carbocycles. The van der Waals surface area contributed by atoms with E-state index < -0.39 is 0 Å². The van der Waals surface area contributed by atoms with Gasteiger partial charge in [0.25, 0.3) is 0 Å². The molecule has 0 aromatic heterocycles. The molecule has 9 heavy (non-hydrogen) atoms. The van der Waals surface area contributed by atoms with Crippen LogP contribution < -0.4 is 0 Å². The van der Waals surface area contributed by atoms with Gasteiger partial charge in [0.1, 0.15) is 5.71 Å². The number of nitrogens with zero attached hydrogens (tertiary/aromatic N) is 2. The van der Waals surface area contributed by atoms with Crippen LogP contribution in [0.25, 0.3) is 0 Å². The van der Waals surface area contributed by atoms with Crippen LogP contribution in [0.1, 0.15) is 6.92 Å². The van der Waals surface area contributed by atoms with Crippen molar-refractivity contribution in [2.75, 3.05) is 14.1 Å². The SMILES string of the molecule is CN=C(C)C(C=O)=NC. The molecule has 0 atom stereocenters. The molecule has 3 heteroatoms. The van der Waals surface area contributed by atoms with Crippen LogP contribution in [0, 0.1) is 0 Å². The van der Waals surface area contributed by atoms with E-state index >= 15 is 0 Å². The Morgan fingerprint density at radius 1 is 1.33 bits per heavy atom. The molecule has 3 nitrogen and oxygen atoms in total. The number of carbonyl (C=O) groups excluding carboxylic acids is 1. The molecule has 0 aromatic carbocycles. The van der Waals surface area contributed by atoms with E-state index in [0.717, 1.165) is 0 Å². The fourth-order valence-corrected chi connectivity index (χ4v) is 0.414. The van der Waals surface area contributed by atoms with Gasteiger partial charge in [0.2, 0.25) is 0 Å². The summed E-state index contributed by atoms with van der Waals surface area (Å²) in [5.41, 5.74) is 1.09. The van der Waals surface area contributed by atoms with Crippen molar-refractivity contribution in [3.63, 3.8) is 0 Å². The second kappa shape index (κ2) is 3.95. The number of hydrogen-bond donors (Lipinski definition) is 0. The van der Waals surface area contributed by atoms with E-state index in [0.29, 0.717) is 17.7 Å². The van der Waals surface area contributed by atoms with Gasteiger partial charge in [0, 0.05) is 14.1 Å². The first-order valence-electron chi connectivity index (χ1n) is 2.62. The van der Waals surface area contributed by atoms with Gasteiger partial charge in [0.05, 0.1) is 5.71 Å². The first-order valence-corrected chi connectivity index (χ1v) is 2.62. The van der Waals surface area contributed by atoms with Gasteiger partial charge in [-0.2, -0.15) is 0 Å². The topological polar surface area (TPSA) is 41.8 Å². The zero-order valence-corrected chi connectivity index (χ0v) is 5.88. The molecular formula is C6H10N2O. The van der Waals surface area contributed by atoms with E-state index in [2.05, 4.69) is 9.98 Å². The Labute approximate surface area is 54.5 Å². The van der Waals surface area contributed by atoms with Crippen molar-refractivity contribution in [1.82, 2.24) is 0 Å². The van der Waals surface area contributed by atoms with Gasteiger partial charge in [-0.15, -0.1) is 0 Å². The van der Waals surface area contributed by atoms with Gasteiger partial charge >= 0.3 is 0 Å². The Morgan fingerprint density at radius 3 is 2.00 bits per heavy atom. The molecule has 0 radical (unpaired) electrons. The molecule has 0 aliphatic heterocycles. The molecule has 0 unspecified atom stereocenters. The van der Waals surface area contributed by atoms with E-state index in [-0.39, 0.29) is 0 Å². The van der Waals surface area contributed by atoms with Crippen LogP contribution in [0.4, 0.5) is 0 Å². The van der Waals surface area contributed by atoms with Crippen molar-refractivity contribution in [3.8, 4) is 0 Å². The predicted octanol–water partition coefficient (Wildman–Crippen LogP) is 0.347. The number of carbonyl (C=O) groups is 1. The average Bonchev–Trinajstić information content (AvgIpc) is 1.90. The highest BCUT2D eigenvalue weighted by Crippen LogP contribution is 1.78. The Hall–Kier alpha value is -0.990. The molecule has 0 fully saturated rings. The van der Waals surface area contributed by atoms with Crippen LogP contribution in [0.3, 0.4) is 0 Å². The van der Waals surface area contributed by atoms with Crippen molar-refractivity contribution < 1.29 is 4.79 Å². The summed E-state index contributed by atoms with van der Waals surface area (Å²) in [4.78, 5) is 17.6. The molecule has 0 heterocycles. The van der Waals surface area contributed by atoms with Gasteiger partial charge in [-0.3, -0.25) is 14.8 Å². The number of rotatable bonds is 2. The van der Waals surface area contributed by atoms with E-state index in [1.807, 2.05) is 0 Å². The van der Waals surface area contributed by atoms with Crippen molar-refractivity contribution in [1.29, 1.82) is 0 Å². The lowest BCUT2D eigenvalue weighted by molar-refractivity contribution is -0.102. The molecular weight excluding hydrogens is 116 g/mol. The summed E-state index contributed by atoms with van der Waals surface area (Å²) in [7, 11) is 3.20. The van der Waals surface area contributed by atoms with Crippen molar-refractivity contribution in [2.45, 2.75) is 6.92 Å². The lowest BCUT2D eigenvalue weighted by Gasteiger charge is -1.91. The van der Waals surface area contributed by atoms with Crippen LogP contribution in [0.15, 0.2) is 9.98 Å². The van der Waals surface area contributed by atoms with E-state index in [1.54, 1.807) is 21.0 Å². The minimum Gasteiger partial charge on any atom is -0.296 e. The third-order valence-corrected chi connectivity index (χ3v) is 1.06. The maximum Gasteiger partial charge on any atom is 0.169 e. The molecule has 50 valence electrons. The Balaban J connectivity index is 4.32. The second-order valence-corrected chi connectivity index (χ2v) is 1.54. The second-order valence-electron chi connectivity index (χ2n) is 1.54. The normalized spacial score (nSPS) is 13.7. The van der Waals surface area contributed by atoms with Crippen LogP contribution in [0.2, 0.25) is 0 Å². The summed E-state index contributed by atoms with van der Waals surface area (Å²) in [5, 5.41) is 0. The molecule has 0 rings (SSSR count). The minimum absolute atomic E-state index is 0.414. The Bertz CT molecular complexity index is 158. The number of aldehydes is 1. The van der Waals surface area contributed by atoms with E-state index in [9.17, 15) is 4.79 Å². The van der Waals surface area contributed by atoms with Crippen LogP contribution in [-0.4, -0.2) is 31.8 Å². The summed E-state index contributed by atoms with van der Waals surface area (Å²) in [6.45, 7) is 1.75. The molecule has 0 N–H and O–H groups in total. The average molecular weight is 126 g/mol. The largest absolute Gasteiger partial charge is 0.296 e. The predicted molar refractivity (Wildman–Crippen MR) is 38.5 cm³/mol. The molecule has 0 aromatic rings. The molecule has 0 amide bonds. The molecule has 0 aliphatic rings. The lowest BCUT2D eigenvalue weighted by atomic mass is 10.3. The quantitative estimate of drug-likeness (QED) is 0.388. The van der Waals surface area contributed by atoms with Gasteiger partial charge in [-0.25, -0.2) is 0 Å². The summed E-state index contributed by atoms with van der Waals surface area (Å²) < 4.78 is 0. The maximum atomic E-state index is 10.1. The monoisotopic (exact) mass is 126 g/mol. The van der Waals surface area contributed by atoms with Crippen LogP contribution >= 0.6 is 0 Å². The first kappa shape index (κ1) is 8.01. The fourth-order valence-electron chi connectivity index (χ4n) is 0.414. The molecule has 0 saturated heterocycles. The third-order valence-electron chi connectivity index (χ3n) is 1.06. The van der Waals surface area contributed by atoms with Crippen LogP contribution in [-0.2, 0) is 4.79 Å². The maximum absolute atomic E-state index is 10.1. The van der Waals surface area contributed by atoms with Crippen LogP contribution in [0.5, 0.6) is 0 Å². The zero-order valence-electron chi connectivity index (χ0n) is 5.88.